The maximum absolute atomic E-state index is 13.4. The largest absolute Gasteiger partial charge is 0.460 e. The molecule has 0 fully saturated rings. The first-order chi connectivity index (χ1) is 9.47. The molecule has 0 radical (unpaired) electrons. The summed E-state index contributed by atoms with van der Waals surface area (Å²) in [6.45, 7) is 6.19. The van der Waals surface area contributed by atoms with Crippen LogP contribution >= 0.6 is 0 Å². The predicted octanol–water partition coefficient (Wildman–Crippen LogP) is 2.80. The Morgan fingerprint density at radius 3 is 2.65 bits per heavy atom. The molecule has 1 aromatic heterocycles. The molecule has 0 aliphatic heterocycles. The zero-order valence-electron chi connectivity index (χ0n) is 11.8. The first-order valence-corrected chi connectivity index (χ1v) is 6.41. The number of aryl methyl sites for hydroxylation is 3. The lowest BCUT2D eigenvalue weighted by molar-refractivity contribution is 0.0486. The van der Waals surface area contributed by atoms with Crippen LogP contribution in [-0.2, 0) is 11.3 Å². The molecule has 0 unspecified atom stereocenters. The lowest BCUT2D eigenvalue weighted by atomic mass is 10.1. The van der Waals surface area contributed by atoms with Gasteiger partial charge in [-0.3, -0.25) is 4.68 Å². The lowest BCUT2D eigenvalue weighted by Crippen LogP contribution is -2.13. The molecule has 0 bridgehead atoms. The molecule has 0 amide bonds. The van der Waals surface area contributed by atoms with Crippen LogP contribution in [0.2, 0.25) is 0 Å². The summed E-state index contributed by atoms with van der Waals surface area (Å²) in [4.78, 5) is 11.8. The fourth-order valence-electron chi connectivity index (χ4n) is 1.93. The Morgan fingerprint density at radius 1 is 1.30 bits per heavy atom. The van der Waals surface area contributed by atoms with Gasteiger partial charge < -0.3 is 4.74 Å². The Balaban J connectivity index is 1.92. The number of carbonyl (C=O) groups is 1. The van der Waals surface area contributed by atoms with E-state index in [1.807, 2.05) is 19.9 Å². The van der Waals surface area contributed by atoms with Crippen molar-refractivity contribution in [1.29, 1.82) is 0 Å². The summed E-state index contributed by atoms with van der Waals surface area (Å²) in [5.41, 5.74) is 2.67. The minimum Gasteiger partial charge on any atom is -0.460 e. The van der Waals surface area contributed by atoms with Crippen molar-refractivity contribution in [3.63, 3.8) is 0 Å². The van der Waals surface area contributed by atoms with E-state index in [4.69, 9.17) is 4.74 Å². The number of esters is 1. The number of ether oxygens (including phenoxy) is 1. The van der Waals surface area contributed by atoms with Gasteiger partial charge in [-0.15, -0.1) is 0 Å². The molecule has 0 saturated carbocycles. The van der Waals surface area contributed by atoms with Crippen LogP contribution in [-0.4, -0.2) is 22.4 Å². The van der Waals surface area contributed by atoms with Crippen LogP contribution in [0, 0.1) is 26.6 Å². The molecule has 0 N–H and O–H groups in total. The van der Waals surface area contributed by atoms with E-state index < -0.39 is 11.8 Å². The monoisotopic (exact) mass is 276 g/mol. The smallest absolute Gasteiger partial charge is 0.338 e. The van der Waals surface area contributed by atoms with Crippen LogP contribution in [0.15, 0.2) is 24.3 Å². The van der Waals surface area contributed by atoms with E-state index in [-0.39, 0.29) is 12.2 Å². The van der Waals surface area contributed by atoms with Crippen molar-refractivity contribution >= 4 is 5.97 Å². The average molecular weight is 276 g/mol. The number of nitrogens with zero attached hydrogens (tertiary/aromatic N) is 2. The van der Waals surface area contributed by atoms with Crippen molar-refractivity contribution in [2.75, 3.05) is 6.61 Å². The number of carbonyl (C=O) groups excluding carboxylic acids is 1. The van der Waals surface area contributed by atoms with E-state index in [0.29, 0.717) is 12.1 Å². The molecule has 0 atom stereocenters. The van der Waals surface area contributed by atoms with Gasteiger partial charge in [-0.25, -0.2) is 9.18 Å². The molecule has 1 heterocycles. The van der Waals surface area contributed by atoms with Crippen LogP contribution in [0.4, 0.5) is 4.39 Å². The molecular formula is C15H17FN2O2. The lowest BCUT2D eigenvalue weighted by Gasteiger charge is -2.07. The fourth-order valence-corrected chi connectivity index (χ4v) is 1.93. The van der Waals surface area contributed by atoms with Crippen molar-refractivity contribution in [2.24, 2.45) is 0 Å². The summed E-state index contributed by atoms with van der Waals surface area (Å²) >= 11 is 0. The Hall–Kier alpha value is -2.17. The quantitative estimate of drug-likeness (QED) is 0.807. The standard InChI is InChI=1S/C15H17FN2O2/c1-10-4-5-13(9-14(10)16)15(19)20-7-6-18-12(3)8-11(2)17-18/h4-5,8-9H,6-7H2,1-3H3. The van der Waals surface area contributed by atoms with Crippen molar-refractivity contribution in [2.45, 2.75) is 27.3 Å². The van der Waals surface area contributed by atoms with Crippen molar-refractivity contribution < 1.29 is 13.9 Å². The van der Waals surface area contributed by atoms with E-state index >= 15 is 0 Å². The van der Waals surface area contributed by atoms with Crippen LogP contribution in [0.1, 0.15) is 27.3 Å². The van der Waals surface area contributed by atoms with Gasteiger partial charge in [0.2, 0.25) is 0 Å². The van der Waals surface area contributed by atoms with E-state index in [1.54, 1.807) is 23.7 Å². The third-order valence-corrected chi connectivity index (χ3v) is 3.05. The predicted molar refractivity (Wildman–Crippen MR) is 73.1 cm³/mol. The minimum absolute atomic E-state index is 0.205. The van der Waals surface area contributed by atoms with Gasteiger partial charge in [-0.2, -0.15) is 5.10 Å². The number of aromatic nitrogens is 2. The van der Waals surface area contributed by atoms with Crippen LogP contribution < -0.4 is 0 Å². The molecule has 0 spiro atoms. The Labute approximate surface area is 117 Å². The first-order valence-electron chi connectivity index (χ1n) is 6.41. The van der Waals surface area contributed by atoms with Gasteiger partial charge in [0.1, 0.15) is 12.4 Å². The molecule has 0 aliphatic carbocycles. The normalized spacial score (nSPS) is 10.6. The summed E-state index contributed by atoms with van der Waals surface area (Å²) in [7, 11) is 0. The van der Waals surface area contributed by atoms with Gasteiger partial charge >= 0.3 is 5.97 Å². The number of hydrogen-bond acceptors (Lipinski definition) is 3. The average Bonchev–Trinajstić information content (AvgIpc) is 2.71. The molecular weight excluding hydrogens is 259 g/mol. The molecule has 2 rings (SSSR count). The first kappa shape index (κ1) is 14.2. The van der Waals surface area contributed by atoms with Gasteiger partial charge in [-0.05, 0) is 44.5 Å². The zero-order valence-corrected chi connectivity index (χ0v) is 11.8. The second kappa shape index (κ2) is 5.86. The maximum Gasteiger partial charge on any atom is 0.338 e. The second-order valence-corrected chi connectivity index (χ2v) is 4.75. The van der Waals surface area contributed by atoms with Crippen molar-refractivity contribution in [3.05, 3.63) is 52.6 Å². The summed E-state index contributed by atoms with van der Waals surface area (Å²) in [6.07, 6.45) is 0. The second-order valence-electron chi connectivity index (χ2n) is 4.75. The highest BCUT2D eigenvalue weighted by Crippen LogP contribution is 2.10. The molecule has 4 nitrogen and oxygen atoms in total. The van der Waals surface area contributed by atoms with E-state index in [0.717, 1.165) is 11.4 Å². The van der Waals surface area contributed by atoms with E-state index in [1.165, 1.54) is 6.07 Å². The highest BCUT2D eigenvalue weighted by molar-refractivity contribution is 5.89. The van der Waals surface area contributed by atoms with Crippen molar-refractivity contribution in [3.8, 4) is 0 Å². The van der Waals surface area contributed by atoms with Gasteiger partial charge in [0, 0.05) is 5.69 Å². The van der Waals surface area contributed by atoms with Crippen LogP contribution in [0.25, 0.3) is 0 Å². The molecule has 5 heteroatoms. The molecule has 20 heavy (non-hydrogen) atoms. The topological polar surface area (TPSA) is 44.1 Å². The summed E-state index contributed by atoms with van der Waals surface area (Å²) in [5, 5.41) is 4.27. The molecule has 106 valence electrons. The zero-order chi connectivity index (χ0) is 14.7. The van der Waals surface area contributed by atoms with E-state index in [2.05, 4.69) is 5.10 Å². The third kappa shape index (κ3) is 3.23. The Morgan fingerprint density at radius 2 is 2.05 bits per heavy atom. The maximum atomic E-state index is 13.4. The SMILES string of the molecule is Cc1cc(C)n(CCOC(=O)c2ccc(C)c(F)c2)n1. The van der Waals surface area contributed by atoms with Gasteiger partial charge in [0.05, 0.1) is 17.8 Å². The Kier molecular flexibility index (Phi) is 4.17. The Bertz CT molecular complexity index is 635. The van der Waals surface area contributed by atoms with Gasteiger partial charge in [-0.1, -0.05) is 6.07 Å². The van der Waals surface area contributed by atoms with E-state index in [9.17, 15) is 9.18 Å². The molecule has 0 aliphatic rings. The fraction of sp³-hybridized carbons (Fsp3) is 0.333. The number of hydrogen-bond donors (Lipinski definition) is 0. The molecule has 2 aromatic rings. The molecule has 1 aromatic carbocycles. The van der Waals surface area contributed by atoms with Crippen LogP contribution in [0.3, 0.4) is 0 Å². The number of rotatable bonds is 4. The summed E-state index contributed by atoms with van der Waals surface area (Å²) < 4.78 is 20.3. The van der Waals surface area contributed by atoms with Crippen LogP contribution in [0.5, 0.6) is 0 Å². The minimum atomic E-state index is -0.523. The summed E-state index contributed by atoms with van der Waals surface area (Å²) in [6, 6.07) is 6.27. The number of halogens is 1. The van der Waals surface area contributed by atoms with Crippen molar-refractivity contribution in [1.82, 2.24) is 9.78 Å². The highest BCUT2D eigenvalue weighted by Gasteiger charge is 2.10. The summed E-state index contributed by atoms with van der Waals surface area (Å²) in [5.74, 6) is -0.927. The third-order valence-electron chi connectivity index (χ3n) is 3.05. The highest BCUT2D eigenvalue weighted by atomic mass is 19.1. The number of benzene rings is 1. The van der Waals surface area contributed by atoms with Gasteiger partial charge in [0.25, 0.3) is 0 Å². The molecule has 0 saturated heterocycles. The van der Waals surface area contributed by atoms with Gasteiger partial charge in [0.15, 0.2) is 0 Å².